The van der Waals surface area contributed by atoms with E-state index in [0.29, 0.717) is 17.0 Å². The van der Waals surface area contributed by atoms with Crippen molar-refractivity contribution in [2.75, 3.05) is 5.73 Å². The summed E-state index contributed by atoms with van der Waals surface area (Å²) in [5.74, 6) is 0.459. The Morgan fingerprint density at radius 3 is 2.79 bits per heavy atom. The summed E-state index contributed by atoms with van der Waals surface area (Å²) in [6.45, 7) is 0. The van der Waals surface area contributed by atoms with Crippen molar-refractivity contribution < 1.29 is 4.79 Å². The lowest BCUT2D eigenvalue weighted by Crippen LogP contribution is -2.29. The molecule has 0 unspecified atom stereocenters. The number of fused-ring (bicyclic) bond motifs is 1. The van der Waals surface area contributed by atoms with Crippen molar-refractivity contribution in [1.29, 1.82) is 0 Å². The average Bonchev–Trinajstić information content (AvgIpc) is 3.26. The van der Waals surface area contributed by atoms with Gasteiger partial charge >= 0.3 is 0 Å². The number of benzene rings is 1. The van der Waals surface area contributed by atoms with E-state index < -0.39 is 0 Å². The normalized spacial score (nSPS) is 15.3. The fourth-order valence-corrected chi connectivity index (χ4v) is 4.23. The van der Waals surface area contributed by atoms with Crippen LogP contribution < -0.4 is 11.1 Å². The first-order valence-corrected chi connectivity index (χ1v) is 9.49. The van der Waals surface area contributed by atoms with Gasteiger partial charge in [0.15, 0.2) is 5.16 Å². The number of anilines is 1. The predicted octanol–water partition coefficient (Wildman–Crippen LogP) is 3.39. The average molecular weight is 356 g/mol. The van der Waals surface area contributed by atoms with E-state index in [2.05, 4.69) is 15.3 Å². The van der Waals surface area contributed by atoms with Gasteiger partial charge in [0.2, 0.25) is 5.91 Å². The van der Waals surface area contributed by atoms with Crippen molar-refractivity contribution in [1.82, 2.24) is 15.3 Å². The van der Waals surface area contributed by atoms with Crippen LogP contribution >= 0.6 is 23.1 Å². The fourth-order valence-electron chi connectivity index (χ4n) is 2.42. The minimum Gasteiger partial charge on any atom is -0.383 e. The molecule has 1 aromatic carbocycles. The molecule has 122 valence electrons. The molecule has 2 aromatic heterocycles. The zero-order valence-corrected chi connectivity index (χ0v) is 14.4. The molecule has 1 atom stereocenters. The van der Waals surface area contributed by atoms with Gasteiger partial charge in [0.25, 0.3) is 0 Å². The van der Waals surface area contributed by atoms with Crippen LogP contribution in [0, 0.1) is 0 Å². The van der Waals surface area contributed by atoms with Gasteiger partial charge in [-0.25, -0.2) is 9.97 Å². The van der Waals surface area contributed by atoms with E-state index in [9.17, 15) is 4.79 Å². The molecule has 1 amide bonds. The van der Waals surface area contributed by atoms with E-state index in [1.54, 1.807) is 0 Å². The van der Waals surface area contributed by atoms with Crippen LogP contribution in [0.5, 0.6) is 0 Å². The van der Waals surface area contributed by atoms with Crippen molar-refractivity contribution in [2.24, 2.45) is 0 Å². The summed E-state index contributed by atoms with van der Waals surface area (Å²) in [6, 6.07) is 12.0. The van der Waals surface area contributed by atoms with Crippen LogP contribution in [0.2, 0.25) is 0 Å². The smallest absolute Gasteiger partial charge is 0.238 e. The van der Waals surface area contributed by atoms with Crippen molar-refractivity contribution in [3.8, 4) is 0 Å². The molecule has 2 heterocycles. The summed E-state index contributed by atoms with van der Waals surface area (Å²) in [5.41, 5.74) is 6.96. The molecular weight excluding hydrogens is 340 g/mol. The Hall–Kier alpha value is -2.12. The SMILES string of the molecule is Nc1nc(S[C@H](C(=O)NC2CC2)c2ccccc2)nc2sccc12. The number of carbonyl (C=O) groups excluding carboxylic acids is 1. The number of nitrogens with zero attached hydrogens (tertiary/aromatic N) is 2. The number of aromatic nitrogens is 2. The maximum absolute atomic E-state index is 12.7. The Bertz CT molecular complexity index is 877. The molecule has 5 nitrogen and oxygen atoms in total. The zero-order valence-electron chi connectivity index (χ0n) is 12.8. The maximum atomic E-state index is 12.7. The lowest BCUT2D eigenvalue weighted by molar-refractivity contribution is -0.120. The molecule has 0 saturated heterocycles. The Morgan fingerprint density at radius 2 is 2.04 bits per heavy atom. The van der Waals surface area contributed by atoms with Crippen molar-refractivity contribution in [3.05, 3.63) is 47.3 Å². The second-order valence-corrected chi connectivity index (χ2v) is 7.69. The highest BCUT2D eigenvalue weighted by Crippen LogP contribution is 2.36. The Morgan fingerprint density at radius 1 is 1.25 bits per heavy atom. The molecule has 1 fully saturated rings. The maximum Gasteiger partial charge on any atom is 0.238 e. The first-order chi connectivity index (χ1) is 11.7. The van der Waals surface area contributed by atoms with Crippen molar-refractivity contribution in [3.63, 3.8) is 0 Å². The lowest BCUT2D eigenvalue weighted by atomic mass is 10.1. The lowest BCUT2D eigenvalue weighted by Gasteiger charge is -2.16. The monoisotopic (exact) mass is 356 g/mol. The molecule has 1 aliphatic carbocycles. The number of nitrogens with two attached hydrogens (primary N) is 1. The van der Waals surface area contributed by atoms with E-state index in [1.165, 1.54) is 23.1 Å². The van der Waals surface area contributed by atoms with E-state index in [4.69, 9.17) is 5.73 Å². The molecular formula is C17H16N4OS2. The molecule has 3 N–H and O–H groups in total. The highest BCUT2D eigenvalue weighted by Gasteiger charge is 2.29. The minimum absolute atomic E-state index is 0.00199. The van der Waals surface area contributed by atoms with Gasteiger partial charge in [-0.15, -0.1) is 11.3 Å². The summed E-state index contributed by atoms with van der Waals surface area (Å²) >= 11 is 2.87. The Kier molecular flexibility index (Phi) is 4.12. The zero-order chi connectivity index (χ0) is 16.5. The van der Waals surface area contributed by atoms with E-state index in [1.807, 2.05) is 41.8 Å². The molecule has 4 rings (SSSR count). The van der Waals surface area contributed by atoms with E-state index >= 15 is 0 Å². The van der Waals surface area contributed by atoms with Crippen LogP contribution in [0.3, 0.4) is 0 Å². The second kappa shape index (κ2) is 6.41. The standard InChI is InChI=1S/C17H16N4OS2/c18-14-12-8-9-23-16(12)21-17(20-14)24-13(10-4-2-1-3-5-10)15(22)19-11-6-7-11/h1-5,8-9,11,13H,6-7H2,(H,19,22)(H2,18,20,21)/t13-/m0/s1. The molecule has 7 heteroatoms. The topological polar surface area (TPSA) is 80.9 Å². The van der Waals surface area contributed by atoms with Crippen LogP contribution in [0.15, 0.2) is 46.9 Å². The largest absolute Gasteiger partial charge is 0.383 e. The Labute approximate surface area is 147 Å². The summed E-state index contributed by atoms with van der Waals surface area (Å²) < 4.78 is 0. The third-order valence-corrected chi connectivity index (χ3v) is 5.74. The van der Waals surface area contributed by atoms with Crippen LogP contribution in [-0.2, 0) is 4.79 Å². The summed E-state index contributed by atoms with van der Waals surface area (Å²) in [4.78, 5) is 22.4. The molecule has 0 spiro atoms. The number of nitrogens with one attached hydrogen (secondary N) is 1. The van der Waals surface area contributed by atoms with Gasteiger partial charge in [0.05, 0.1) is 5.39 Å². The van der Waals surface area contributed by atoms with E-state index in [0.717, 1.165) is 28.6 Å². The predicted molar refractivity (Wildman–Crippen MR) is 98.0 cm³/mol. The highest BCUT2D eigenvalue weighted by molar-refractivity contribution is 8.00. The molecule has 0 aliphatic heterocycles. The van der Waals surface area contributed by atoms with Crippen LogP contribution in [-0.4, -0.2) is 21.9 Å². The van der Waals surface area contributed by atoms with Gasteiger partial charge in [-0.2, -0.15) is 0 Å². The number of carbonyl (C=O) groups is 1. The fraction of sp³-hybridized carbons (Fsp3) is 0.235. The quantitative estimate of drug-likeness (QED) is 0.541. The summed E-state index contributed by atoms with van der Waals surface area (Å²) in [6.07, 6.45) is 2.12. The molecule has 3 aromatic rings. The highest BCUT2D eigenvalue weighted by atomic mass is 32.2. The van der Waals surface area contributed by atoms with Gasteiger partial charge < -0.3 is 11.1 Å². The third-order valence-electron chi connectivity index (χ3n) is 3.82. The number of hydrogen-bond donors (Lipinski definition) is 2. The minimum atomic E-state index is -0.386. The van der Waals surface area contributed by atoms with Crippen molar-refractivity contribution >= 4 is 45.0 Å². The van der Waals surface area contributed by atoms with Crippen molar-refractivity contribution in [2.45, 2.75) is 29.3 Å². The first-order valence-electron chi connectivity index (χ1n) is 7.73. The molecule has 1 aliphatic rings. The molecule has 0 radical (unpaired) electrons. The van der Waals surface area contributed by atoms with Crippen LogP contribution in [0.25, 0.3) is 10.2 Å². The molecule has 24 heavy (non-hydrogen) atoms. The van der Waals surface area contributed by atoms with Crippen LogP contribution in [0.4, 0.5) is 5.82 Å². The molecule has 1 saturated carbocycles. The summed E-state index contributed by atoms with van der Waals surface area (Å²) in [5, 5.41) is 6.03. The third kappa shape index (κ3) is 3.22. The van der Waals surface area contributed by atoms with Gasteiger partial charge in [-0.3, -0.25) is 4.79 Å². The number of nitrogen functional groups attached to an aromatic ring is 1. The molecule has 0 bridgehead atoms. The second-order valence-electron chi connectivity index (χ2n) is 5.72. The number of thioether (sulfide) groups is 1. The van der Waals surface area contributed by atoms with Gasteiger partial charge in [0, 0.05) is 6.04 Å². The van der Waals surface area contributed by atoms with Gasteiger partial charge in [-0.1, -0.05) is 42.1 Å². The Balaban J connectivity index is 1.65. The summed E-state index contributed by atoms with van der Waals surface area (Å²) in [7, 11) is 0. The number of amides is 1. The number of hydrogen-bond acceptors (Lipinski definition) is 6. The van der Waals surface area contributed by atoms with E-state index in [-0.39, 0.29) is 11.2 Å². The number of rotatable bonds is 5. The van der Waals surface area contributed by atoms with Gasteiger partial charge in [0.1, 0.15) is 15.9 Å². The first kappa shape index (κ1) is 15.4. The van der Waals surface area contributed by atoms with Crippen LogP contribution in [0.1, 0.15) is 23.7 Å². The number of thiophene rings is 1. The van der Waals surface area contributed by atoms with Gasteiger partial charge in [-0.05, 0) is 29.9 Å².